The van der Waals surface area contributed by atoms with Crippen molar-refractivity contribution in [1.29, 1.82) is 0 Å². The zero-order valence-corrected chi connectivity index (χ0v) is 13.7. The molecule has 0 fully saturated rings. The second-order valence-electron chi connectivity index (χ2n) is 5.26. The van der Waals surface area contributed by atoms with E-state index in [9.17, 15) is 8.42 Å². The Morgan fingerprint density at radius 2 is 1.90 bits per heavy atom. The van der Waals surface area contributed by atoms with Crippen LogP contribution in [-0.4, -0.2) is 35.2 Å². The van der Waals surface area contributed by atoms with Crippen molar-refractivity contribution >= 4 is 10.0 Å². The van der Waals surface area contributed by atoms with E-state index in [-0.39, 0.29) is 23.2 Å². The highest BCUT2D eigenvalue weighted by atomic mass is 32.2. The molecule has 0 saturated heterocycles. The summed E-state index contributed by atoms with van der Waals surface area (Å²) in [5.74, 6) is 1.12. The first-order valence-corrected chi connectivity index (χ1v) is 8.25. The van der Waals surface area contributed by atoms with Gasteiger partial charge in [-0.2, -0.15) is 0 Å². The van der Waals surface area contributed by atoms with Crippen molar-refractivity contribution in [2.45, 2.75) is 31.2 Å². The van der Waals surface area contributed by atoms with Gasteiger partial charge in [-0.25, -0.2) is 13.1 Å². The molecule has 0 radical (unpaired) electrons. The van der Waals surface area contributed by atoms with Gasteiger partial charge in [-0.05, 0) is 24.5 Å². The van der Waals surface area contributed by atoms with Crippen molar-refractivity contribution < 1.29 is 17.9 Å². The van der Waals surface area contributed by atoms with Gasteiger partial charge in [0.1, 0.15) is 16.4 Å². The number of hydrogen-bond donors (Lipinski definition) is 2. The molecule has 0 amide bonds. The van der Waals surface area contributed by atoms with Gasteiger partial charge in [-0.3, -0.25) is 0 Å². The van der Waals surface area contributed by atoms with E-state index < -0.39 is 10.0 Å². The molecule has 0 spiro atoms. The lowest BCUT2D eigenvalue weighted by atomic mass is 10.1. The number of methoxy groups -OCH3 is 2. The smallest absolute Gasteiger partial charge is 0.244 e. The lowest BCUT2D eigenvalue weighted by Crippen LogP contribution is -2.38. The van der Waals surface area contributed by atoms with Gasteiger partial charge in [0.05, 0.1) is 14.2 Å². The van der Waals surface area contributed by atoms with Crippen molar-refractivity contribution in [1.82, 2.24) is 4.72 Å². The molecule has 120 valence electrons. The van der Waals surface area contributed by atoms with E-state index in [2.05, 4.69) is 4.72 Å². The third-order valence-electron chi connectivity index (χ3n) is 2.97. The number of nitrogens with two attached hydrogens (primary N) is 1. The molecular formula is C14H24N2O4S. The topological polar surface area (TPSA) is 90.6 Å². The molecule has 1 rings (SSSR count). The van der Waals surface area contributed by atoms with Crippen LogP contribution in [-0.2, 0) is 10.0 Å². The Bertz CT molecular complexity index is 558. The molecule has 1 atom stereocenters. The minimum atomic E-state index is -3.70. The van der Waals surface area contributed by atoms with Gasteiger partial charge < -0.3 is 15.2 Å². The normalized spacial score (nSPS) is 13.2. The highest BCUT2D eigenvalue weighted by molar-refractivity contribution is 7.89. The minimum Gasteiger partial charge on any atom is -0.497 e. The second-order valence-corrected chi connectivity index (χ2v) is 6.99. The van der Waals surface area contributed by atoms with Crippen LogP contribution < -0.4 is 19.9 Å². The average molecular weight is 316 g/mol. The van der Waals surface area contributed by atoms with Crippen LogP contribution in [0.4, 0.5) is 0 Å². The van der Waals surface area contributed by atoms with Gasteiger partial charge in [-0.1, -0.05) is 13.8 Å². The van der Waals surface area contributed by atoms with E-state index in [1.165, 1.54) is 20.3 Å². The van der Waals surface area contributed by atoms with Crippen LogP contribution in [0.5, 0.6) is 11.5 Å². The Balaban J connectivity index is 2.91. The first kappa shape index (κ1) is 17.7. The minimum absolute atomic E-state index is 0.0427. The van der Waals surface area contributed by atoms with Crippen molar-refractivity contribution in [3.05, 3.63) is 18.2 Å². The fourth-order valence-electron chi connectivity index (χ4n) is 1.98. The maximum atomic E-state index is 12.4. The van der Waals surface area contributed by atoms with Crippen LogP contribution in [0.3, 0.4) is 0 Å². The summed E-state index contributed by atoms with van der Waals surface area (Å²) in [5, 5.41) is 0. The molecule has 6 nitrogen and oxygen atoms in total. The van der Waals surface area contributed by atoms with Gasteiger partial charge in [-0.15, -0.1) is 0 Å². The summed E-state index contributed by atoms with van der Waals surface area (Å²) < 4.78 is 37.4. The fraction of sp³-hybridized carbons (Fsp3) is 0.571. The van der Waals surface area contributed by atoms with Crippen molar-refractivity contribution in [2.75, 3.05) is 20.8 Å². The summed E-state index contributed by atoms with van der Waals surface area (Å²) in [7, 11) is -0.803. The van der Waals surface area contributed by atoms with Crippen LogP contribution >= 0.6 is 0 Å². The Morgan fingerprint density at radius 1 is 1.24 bits per heavy atom. The fourth-order valence-corrected chi connectivity index (χ4v) is 3.25. The van der Waals surface area contributed by atoms with E-state index >= 15 is 0 Å². The van der Waals surface area contributed by atoms with Crippen LogP contribution in [0, 0.1) is 5.92 Å². The maximum Gasteiger partial charge on any atom is 0.244 e. The second kappa shape index (κ2) is 7.63. The zero-order chi connectivity index (χ0) is 16.0. The summed E-state index contributed by atoms with van der Waals surface area (Å²) in [5.41, 5.74) is 5.90. The molecule has 3 N–H and O–H groups in total. The van der Waals surface area contributed by atoms with Gasteiger partial charge in [0.2, 0.25) is 10.0 Å². The highest BCUT2D eigenvalue weighted by Gasteiger charge is 2.21. The Hall–Kier alpha value is -1.31. The van der Waals surface area contributed by atoms with Crippen LogP contribution in [0.2, 0.25) is 0 Å². The van der Waals surface area contributed by atoms with Gasteiger partial charge in [0.25, 0.3) is 0 Å². The van der Waals surface area contributed by atoms with Crippen molar-refractivity contribution in [2.24, 2.45) is 11.7 Å². The summed E-state index contributed by atoms with van der Waals surface area (Å²) >= 11 is 0. The standard InChI is InChI=1S/C14H24N2O4S/c1-10(2)7-11(15)9-16-21(17,18)14-8-12(19-3)5-6-13(14)20-4/h5-6,8,10-11,16H,7,9,15H2,1-4H3. The monoisotopic (exact) mass is 316 g/mol. The molecule has 0 heterocycles. The maximum absolute atomic E-state index is 12.4. The Labute approximate surface area is 126 Å². The Kier molecular flexibility index (Phi) is 6.44. The zero-order valence-electron chi connectivity index (χ0n) is 12.9. The molecule has 0 aromatic heterocycles. The molecule has 0 aliphatic carbocycles. The highest BCUT2D eigenvalue weighted by Crippen LogP contribution is 2.27. The molecule has 0 aliphatic rings. The van der Waals surface area contributed by atoms with Gasteiger partial charge >= 0.3 is 0 Å². The predicted molar refractivity (Wildman–Crippen MR) is 82.2 cm³/mol. The first-order chi connectivity index (χ1) is 9.80. The summed E-state index contributed by atoms with van der Waals surface area (Å²) in [4.78, 5) is 0.0427. The largest absolute Gasteiger partial charge is 0.497 e. The third-order valence-corrected chi connectivity index (χ3v) is 4.41. The number of benzene rings is 1. The SMILES string of the molecule is COc1ccc(OC)c(S(=O)(=O)NCC(N)CC(C)C)c1. The quantitative estimate of drug-likeness (QED) is 0.755. The number of rotatable bonds is 8. The number of sulfonamides is 1. The molecule has 21 heavy (non-hydrogen) atoms. The number of hydrogen-bond acceptors (Lipinski definition) is 5. The van der Waals surface area contributed by atoms with E-state index in [0.717, 1.165) is 6.42 Å². The lowest BCUT2D eigenvalue weighted by Gasteiger charge is -2.16. The number of nitrogens with one attached hydrogen (secondary N) is 1. The van der Waals surface area contributed by atoms with Crippen LogP contribution in [0.25, 0.3) is 0 Å². The molecule has 0 saturated carbocycles. The van der Waals surface area contributed by atoms with E-state index in [1.54, 1.807) is 12.1 Å². The molecule has 0 bridgehead atoms. The average Bonchev–Trinajstić information content (AvgIpc) is 2.44. The molecule has 0 aliphatic heterocycles. The van der Waals surface area contributed by atoms with Crippen molar-refractivity contribution in [3.8, 4) is 11.5 Å². The first-order valence-electron chi connectivity index (χ1n) is 6.77. The van der Waals surface area contributed by atoms with Crippen LogP contribution in [0.15, 0.2) is 23.1 Å². The molecule has 1 unspecified atom stereocenters. The molecule has 1 aromatic rings. The predicted octanol–water partition coefficient (Wildman–Crippen LogP) is 1.36. The van der Waals surface area contributed by atoms with Gasteiger partial charge in [0, 0.05) is 18.7 Å². The van der Waals surface area contributed by atoms with E-state index in [0.29, 0.717) is 11.7 Å². The van der Waals surface area contributed by atoms with E-state index in [4.69, 9.17) is 15.2 Å². The van der Waals surface area contributed by atoms with Gasteiger partial charge in [0.15, 0.2) is 0 Å². The lowest BCUT2D eigenvalue weighted by molar-refractivity contribution is 0.391. The summed E-state index contributed by atoms with van der Waals surface area (Å²) in [6, 6.07) is 4.40. The molecular weight excluding hydrogens is 292 g/mol. The molecule has 1 aromatic carbocycles. The molecule has 7 heteroatoms. The van der Waals surface area contributed by atoms with E-state index in [1.807, 2.05) is 13.8 Å². The van der Waals surface area contributed by atoms with Crippen LogP contribution in [0.1, 0.15) is 20.3 Å². The summed E-state index contributed by atoms with van der Waals surface area (Å²) in [6.07, 6.45) is 0.748. The summed E-state index contributed by atoms with van der Waals surface area (Å²) in [6.45, 7) is 4.26. The number of ether oxygens (including phenoxy) is 2. The van der Waals surface area contributed by atoms with Crippen molar-refractivity contribution in [3.63, 3.8) is 0 Å². The Morgan fingerprint density at radius 3 is 2.43 bits per heavy atom. The third kappa shape index (κ3) is 5.18.